The number of aromatic amines is 1. The number of aromatic nitrogens is 2. The number of aryl methyl sites for hydroxylation is 1. The van der Waals surface area contributed by atoms with Crippen LogP contribution in [0.4, 0.5) is 4.39 Å². The second-order valence-electron chi connectivity index (χ2n) is 3.00. The van der Waals surface area contributed by atoms with E-state index in [1.54, 1.807) is 13.0 Å². The number of rotatable bonds is 1. The average Bonchev–Trinajstić information content (AvgIpc) is 2.74. The van der Waals surface area contributed by atoms with Gasteiger partial charge < -0.3 is 0 Å². The van der Waals surface area contributed by atoms with Crippen molar-refractivity contribution in [3.63, 3.8) is 0 Å². The lowest BCUT2D eigenvalue weighted by molar-refractivity contribution is 0.387. The van der Waals surface area contributed by atoms with E-state index >= 15 is 0 Å². The molecule has 0 unspecified atom stereocenters. The second-order valence-corrected chi connectivity index (χ2v) is 3.40. The molecule has 0 aliphatic heterocycles. The highest BCUT2D eigenvalue weighted by Crippen LogP contribution is 2.27. The molecule has 2 rings (SSSR count). The molecule has 1 aromatic heterocycles. The molecule has 4 nitrogen and oxygen atoms in total. The van der Waals surface area contributed by atoms with E-state index in [9.17, 15) is 9.18 Å². The van der Waals surface area contributed by atoms with Crippen molar-refractivity contribution in [1.29, 1.82) is 0 Å². The van der Waals surface area contributed by atoms with Crippen LogP contribution >= 0.6 is 11.6 Å². The van der Waals surface area contributed by atoms with Crippen molar-refractivity contribution in [2.75, 3.05) is 0 Å². The van der Waals surface area contributed by atoms with Crippen LogP contribution in [0.1, 0.15) is 19.4 Å². The molecule has 2 aromatic rings. The lowest BCUT2D eigenvalue weighted by atomic mass is 10.1. The van der Waals surface area contributed by atoms with Crippen LogP contribution in [0.15, 0.2) is 21.5 Å². The number of hydrogen-bond acceptors (Lipinski definition) is 3. The quantitative estimate of drug-likeness (QED) is 0.855. The third-order valence-electron chi connectivity index (χ3n) is 1.98. The van der Waals surface area contributed by atoms with E-state index in [2.05, 4.69) is 14.7 Å². The molecule has 1 N–H and O–H groups in total. The summed E-state index contributed by atoms with van der Waals surface area (Å²) in [4.78, 5) is 13.0. The number of nitrogens with zero attached hydrogens (tertiary/aromatic N) is 1. The maximum absolute atomic E-state index is 13.6. The van der Waals surface area contributed by atoms with E-state index in [0.717, 1.165) is 0 Å². The minimum atomic E-state index is -0.733. The summed E-state index contributed by atoms with van der Waals surface area (Å²) >= 11 is 5.62. The van der Waals surface area contributed by atoms with Gasteiger partial charge in [-0.2, -0.15) is 0 Å². The summed E-state index contributed by atoms with van der Waals surface area (Å²) in [6.45, 7) is 5.68. The molecule has 1 heterocycles. The Labute approximate surface area is 102 Å². The van der Waals surface area contributed by atoms with Crippen molar-refractivity contribution >= 4 is 11.6 Å². The average molecular weight is 259 g/mol. The van der Waals surface area contributed by atoms with Gasteiger partial charge in [-0.05, 0) is 18.6 Å². The van der Waals surface area contributed by atoms with Crippen LogP contribution in [0, 0.1) is 12.7 Å². The standard InChI is InChI=1S/C9H6ClFN2O2.C2H6/c1-4-2-3-5(10)7(11)6(4)8-12-9(14)15-13-8;1-2/h2-3H,1H3,(H,12,13,14);1-2H3. The molecule has 0 spiro atoms. The van der Waals surface area contributed by atoms with Crippen LogP contribution in [0.2, 0.25) is 5.02 Å². The van der Waals surface area contributed by atoms with Crippen LogP contribution in [0.3, 0.4) is 0 Å². The van der Waals surface area contributed by atoms with Crippen molar-refractivity contribution in [2.45, 2.75) is 20.8 Å². The summed E-state index contributed by atoms with van der Waals surface area (Å²) in [5.41, 5.74) is 0.759. The van der Waals surface area contributed by atoms with Gasteiger partial charge in [0.15, 0.2) is 11.6 Å². The van der Waals surface area contributed by atoms with Gasteiger partial charge in [0, 0.05) is 0 Å². The van der Waals surface area contributed by atoms with Gasteiger partial charge in [0.05, 0.1) is 10.6 Å². The Morgan fingerprint density at radius 2 is 2.06 bits per heavy atom. The summed E-state index contributed by atoms with van der Waals surface area (Å²) < 4.78 is 17.9. The molecule has 0 saturated carbocycles. The van der Waals surface area contributed by atoms with Crippen LogP contribution < -0.4 is 5.76 Å². The summed E-state index contributed by atoms with van der Waals surface area (Å²) in [6.07, 6.45) is 0. The fourth-order valence-electron chi connectivity index (χ4n) is 1.28. The van der Waals surface area contributed by atoms with E-state index in [4.69, 9.17) is 11.6 Å². The minimum absolute atomic E-state index is 0.0283. The molecule has 0 saturated heterocycles. The molecule has 0 amide bonds. The number of halogens is 2. The zero-order chi connectivity index (χ0) is 13.0. The van der Waals surface area contributed by atoms with Gasteiger partial charge in [0.25, 0.3) is 0 Å². The third-order valence-corrected chi connectivity index (χ3v) is 2.27. The van der Waals surface area contributed by atoms with Crippen LogP contribution in [-0.4, -0.2) is 10.1 Å². The fraction of sp³-hybridized carbons (Fsp3) is 0.273. The Bertz CT molecular complexity index is 563. The van der Waals surface area contributed by atoms with Gasteiger partial charge in [-0.3, -0.25) is 9.51 Å². The first kappa shape index (κ1) is 13.4. The van der Waals surface area contributed by atoms with Crippen LogP contribution in [0.5, 0.6) is 0 Å². The summed E-state index contributed by atoms with van der Waals surface area (Å²) in [7, 11) is 0. The Kier molecular flexibility index (Phi) is 4.45. The largest absolute Gasteiger partial charge is 0.439 e. The molecule has 0 aliphatic rings. The first-order valence-electron chi connectivity index (χ1n) is 5.10. The topological polar surface area (TPSA) is 58.9 Å². The van der Waals surface area contributed by atoms with Gasteiger partial charge in [-0.1, -0.05) is 36.7 Å². The molecule has 92 valence electrons. The zero-order valence-corrected chi connectivity index (χ0v) is 10.4. The smallest absolute Gasteiger partial charge is 0.296 e. The molecular formula is C11H12ClFN2O2. The third kappa shape index (κ3) is 2.74. The van der Waals surface area contributed by atoms with Gasteiger partial charge in [0.2, 0.25) is 0 Å². The van der Waals surface area contributed by atoms with E-state index in [0.29, 0.717) is 5.56 Å². The molecule has 0 fully saturated rings. The van der Waals surface area contributed by atoms with Crippen molar-refractivity contribution in [2.24, 2.45) is 0 Å². The highest BCUT2D eigenvalue weighted by Gasteiger charge is 2.15. The van der Waals surface area contributed by atoms with Gasteiger partial charge >= 0.3 is 5.76 Å². The van der Waals surface area contributed by atoms with Gasteiger partial charge in [0.1, 0.15) is 0 Å². The maximum atomic E-state index is 13.6. The summed E-state index contributed by atoms with van der Waals surface area (Å²) in [6, 6.07) is 3.07. The molecule has 0 atom stereocenters. The molecule has 17 heavy (non-hydrogen) atoms. The van der Waals surface area contributed by atoms with Crippen molar-refractivity contribution < 1.29 is 8.91 Å². The lowest BCUT2D eigenvalue weighted by Gasteiger charge is -2.03. The predicted molar refractivity (Wildman–Crippen MR) is 63.6 cm³/mol. The molecule has 0 radical (unpaired) electrons. The van der Waals surface area contributed by atoms with Crippen LogP contribution in [0.25, 0.3) is 11.4 Å². The Hall–Kier alpha value is -1.62. The predicted octanol–water partition coefficient (Wildman–Crippen LogP) is 3.16. The van der Waals surface area contributed by atoms with E-state index in [1.807, 2.05) is 13.8 Å². The van der Waals surface area contributed by atoms with E-state index < -0.39 is 11.6 Å². The highest BCUT2D eigenvalue weighted by molar-refractivity contribution is 6.31. The Morgan fingerprint density at radius 3 is 2.59 bits per heavy atom. The van der Waals surface area contributed by atoms with Crippen molar-refractivity contribution in [1.82, 2.24) is 10.1 Å². The Morgan fingerprint density at radius 1 is 1.41 bits per heavy atom. The molecule has 0 aliphatic carbocycles. The minimum Gasteiger partial charge on any atom is -0.296 e. The fourth-order valence-corrected chi connectivity index (χ4v) is 1.43. The first-order valence-corrected chi connectivity index (χ1v) is 5.48. The molecule has 0 bridgehead atoms. The molecule has 1 aromatic carbocycles. The first-order chi connectivity index (χ1) is 8.09. The lowest BCUT2D eigenvalue weighted by Crippen LogP contribution is -1.97. The van der Waals surface area contributed by atoms with Gasteiger partial charge in [-0.15, -0.1) is 0 Å². The highest BCUT2D eigenvalue weighted by atomic mass is 35.5. The monoisotopic (exact) mass is 258 g/mol. The van der Waals surface area contributed by atoms with Gasteiger partial charge in [-0.25, -0.2) is 9.18 Å². The second kappa shape index (κ2) is 5.63. The maximum Gasteiger partial charge on any atom is 0.439 e. The summed E-state index contributed by atoms with van der Waals surface area (Å²) in [5.74, 6) is -1.32. The van der Waals surface area contributed by atoms with Crippen molar-refractivity contribution in [3.05, 3.63) is 39.1 Å². The normalized spacial score (nSPS) is 9.71. The zero-order valence-electron chi connectivity index (χ0n) is 9.67. The number of H-pyrrole nitrogens is 1. The van der Waals surface area contributed by atoms with Crippen LogP contribution in [-0.2, 0) is 0 Å². The number of nitrogens with one attached hydrogen (secondary N) is 1. The number of benzene rings is 1. The molecule has 6 heteroatoms. The molecular weight excluding hydrogens is 247 g/mol. The van der Waals surface area contributed by atoms with Crippen molar-refractivity contribution in [3.8, 4) is 11.4 Å². The summed E-state index contributed by atoms with van der Waals surface area (Å²) in [5, 5.41) is 3.38. The Balaban J connectivity index is 0.000000686. The van der Waals surface area contributed by atoms with E-state index in [-0.39, 0.29) is 16.4 Å². The number of hydrogen-bond donors (Lipinski definition) is 1. The van der Waals surface area contributed by atoms with E-state index in [1.165, 1.54) is 6.07 Å². The SMILES string of the molecule is CC.Cc1ccc(Cl)c(F)c1-c1noc(=O)[nH]1.